The molecule has 0 atom stereocenters. The van der Waals surface area contributed by atoms with E-state index in [0.717, 1.165) is 11.8 Å². The molecule has 0 unspecified atom stereocenters. The van der Waals surface area contributed by atoms with Crippen LogP contribution in [0.5, 0.6) is 5.75 Å². The van der Waals surface area contributed by atoms with E-state index in [1.54, 1.807) is 48.5 Å². The van der Waals surface area contributed by atoms with E-state index in [1.807, 2.05) is 0 Å². The Morgan fingerprint density at radius 2 is 1.65 bits per heavy atom. The van der Waals surface area contributed by atoms with E-state index in [1.165, 1.54) is 0 Å². The van der Waals surface area contributed by atoms with Crippen LogP contribution in [0.4, 0.5) is 0 Å². The van der Waals surface area contributed by atoms with Crippen LogP contribution < -0.4 is 10.5 Å². The van der Waals surface area contributed by atoms with E-state index in [4.69, 9.17) is 10.5 Å². The minimum Gasteiger partial charge on any atom is -0.423 e. The number of aldehydes is 1. The zero-order valence-electron chi connectivity index (χ0n) is 10.6. The van der Waals surface area contributed by atoms with Gasteiger partial charge in [-0.3, -0.25) is 4.79 Å². The van der Waals surface area contributed by atoms with Gasteiger partial charge in [0.2, 0.25) is 0 Å². The molecule has 4 nitrogen and oxygen atoms in total. The summed E-state index contributed by atoms with van der Waals surface area (Å²) in [6.45, 7) is 0.433. The predicted molar refractivity (Wildman–Crippen MR) is 78.4 cm³/mol. The van der Waals surface area contributed by atoms with Gasteiger partial charge < -0.3 is 10.5 Å². The van der Waals surface area contributed by atoms with Crippen LogP contribution >= 0.6 is 12.4 Å². The minimum absolute atomic E-state index is 0. The standard InChI is InChI=1S/C15H13NO3.ClH/c16-9-11-1-5-13(6-2-11)15(18)19-14-7-3-12(10-17)4-8-14;/h1-8,10H,9,16H2;1H. The van der Waals surface area contributed by atoms with E-state index in [-0.39, 0.29) is 12.4 Å². The van der Waals surface area contributed by atoms with Crippen LogP contribution in [-0.2, 0) is 6.54 Å². The lowest BCUT2D eigenvalue weighted by atomic mass is 10.1. The third kappa shape index (κ3) is 3.91. The number of benzene rings is 2. The summed E-state index contributed by atoms with van der Waals surface area (Å²) in [6.07, 6.45) is 0.733. The highest BCUT2D eigenvalue weighted by Gasteiger charge is 2.08. The van der Waals surface area contributed by atoms with Crippen molar-refractivity contribution in [1.29, 1.82) is 0 Å². The fourth-order valence-electron chi connectivity index (χ4n) is 1.56. The van der Waals surface area contributed by atoms with Gasteiger partial charge in [-0.05, 0) is 42.0 Å². The molecule has 2 rings (SSSR count). The normalized spacial score (nSPS) is 9.45. The molecule has 0 saturated carbocycles. The Bertz CT molecular complexity index is 579. The van der Waals surface area contributed by atoms with Crippen molar-refractivity contribution in [3.63, 3.8) is 0 Å². The predicted octanol–water partition coefficient (Wildman–Crippen LogP) is 2.60. The highest BCUT2D eigenvalue weighted by atomic mass is 35.5. The molecule has 2 aromatic rings. The lowest BCUT2D eigenvalue weighted by molar-refractivity contribution is 0.0734. The van der Waals surface area contributed by atoms with Gasteiger partial charge in [0.05, 0.1) is 5.56 Å². The second-order valence-corrected chi connectivity index (χ2v) is 3.98. The lowest BCUT2D eigenvalue weighted by Crippen LogP contribution is -2.08. The molecule has 0 saturated heterocycles. The molecule has 0 aromatic heterocycles. The average Bonchev–Trinajstić information content (AvgIpc) is 2.48. The van der Waals surface area contributed by atoms with E-state index >= 15 is 0 Å². The molecule has 2 N–H and O–H groups in total. The van der Waals surface area contributed by atoms with Crippen LogP contribution in [0.1, 0.15) is 26.3 Å². The van der Waals surface area contributed by atoms with E-state index in [2.05, 4.69) is 0 Å². The molecule has 0 spiro atoms. The van der Waals surface area contributed by atoms with Crippen molar-refractivity contribution in [3.05, 3.63) is 65.2 Å². The maximum atomic E-state index is 11.8. The van der Waals surface area contributed by atoms with Gasteiger partial charge in [-0.15, -0.1) is 12.4 Å². The Balaban J connectivity index is 0.00000200. The topological polar surface area (TPSA) is 69.4 Å². The smallest absolute Gasteiger partial charge is 0.343 e. The highest BCUT2D eigenvalue weighted by Crippen LogP contribution is 2.14. The van der Waals surface area contributed by atoms with Crippen molar-refractivity contribution in [2.75, 3.05) is 0 Å². The zero-order chi connectivity index (χ0) is 13.7. The number of halogens is 1. The Morgan fingerprint density at radius 3 is 2.15 bits per heavy atom. The Kier molecular flexibility index (Phi) is 5.90. The SMILES string of the molecule is Cl.NCc1ccc(C(=O)Oc2ccc(C=O)cc2)cc1. The van der Waals surface area contributed by atoms with Gasteiger partial charge in [0.25, 0.3) is 0 Å². The van der Waals surface area contributed by atoms with Crippen LogP contribution in [0.3, 0.4) is 0 Å². The molecule has 5 heteroatoms. The van der Waals surface area contributed by atoms with Crippen LogP contribution in [0.2, 0.25) is 0 Å². The molecule has 0 aliphatic heterocycles. The first-order chi connectivity index (χ1) is 9.22. The molecule has 0 fully saturated rings. The Morgan fingerprint density at radius 1 is 1.05 bits per heavy atom. The number of ether oxygens (including phenoxy) is 1. The van der Waals surface area contributed by atoms with Crippen molar-refractivity contribution in [3.8, 4) is 5.75 Å². The summed E-state index contributed by atoms with van der Waals surface area (Å²) in [5.41, 5.74) is 7.42. The summed E-state index contributed by atoms with van der Waals surface area (Å²) >= 11 is 0. The summed E-state index contributed by atoms with van der Waals surface area (Å²) in [5, 5.41) is 0. The summed E-state index contributed by atoms with van der Waals surface area (Å²) in [7, 11) is 0. The number of esters is 1. The van der Waals surface area contributed by atoms with Crippen LogP contribution in [-0.4, -0.2) is 12.3 Å². The number of carbonyl (C=O) groups is 2. The molecule has 0 radical (unpaired) electrons. The van der Waals surface area contributed by atoms with Crippen LogP contribution in [0, 0.1) is 0 Å². The molecule has 0 aliphatic carbocycles. The number of carbonyl (C=O) groups excluding carboxylic acids is 2. The molecular weight excluding hydrogens is 278 g/mol. The second-order valence-electron chi connectivity index (χ2n) is 3.98. The van der Waals surface area contributed by atoms with Crippen molar-refractivity contribution < 1.29 is 14.3 Å². The number of rotatable bonds is 4. The Labute approximate surface area is 123 Å². The van der Waals surface area contributed by atoms with Gasteiger partial charge in [0, 0.05) is 12.1 Å². The molecule has 0 aliphatic rings. The Hall–Kier alpha value is -2.17. The van der Waals surface area contributed by atoms with Crippen molar-refractivity contribution in [2.24, 2.45) is 5.73 Å². The molecule has 20 heavy (non-hydrogen) atoms. The lowest BCUT2D eigenvalue weighted by Gasteiger charge is -2.05. The average molecular weight is 292 g/mol. The summed E-state index contributed by atoms with van der Waals surface area (Å²) in [5.74, 6) is -0.0408. The summed E-state index contributed by atoms with van der Waals surface area (Å²) < 4.78 is 5.19. The molecule has 2 aromatic carbocycles. The molecular formula is C15H14ClNO3. The van der Waals surface area contributed by atoms with E-state index in [9.17, 15) is 9.59 Å². The van der Waals surface area contributed by atoms with Gasteiger partial charge in [-0.1, -0.05) is 12.1 Å². The molecule has 0 amide bonds. The van der Waals surface area contributed by atoms with Gasteiger partial charge in [0.1, 0.15) is 12.0 Å². The molecule has 0 bridgehead atoms. The molecule has 0 heterocycles. The largest absolute Gasteiger partial charge is 0.423 e. The van der Waals surface area contributed by atoms with Gasteiger partial charge >= 0.3 is 5.97 Å². The summed E-state index contributed by atoms with van der Waals surface area (Å²) in [6, 6.07) is 13.2. The fourth-order valence-corrected chi connectivity index (χ4v) is 1.56. The maximum absolute atomic E-state index is 11.8. The maximum Gasteiger partial charge on any atom is 0.343 e. The van der Waals surface area contributed by atoms with Crippen molar-refractivity contribution >= 4 is 24.7 Å². The minimum atomic E-state index is -0.442. The molecule has 104 valence electrons. The third-order valence-corrected chi connectivity index (χ3v) is 2.65. The fraction of sp³-hybridized carbons (Fsp3) is 0.0667. The van der Waals surface area contributed by atoms with Gasteiger partial charge in [-0.2, -0.15) is 0 Å². The van der Waals surface area contributed by atoms with E-state index in [0.29, 0.717) is 23.4 Å². The van der Waals surface area contributed by atoms with Crippen LogP contribution in [0.25, 0.3) is 0 Å². The number of nitrogens with two attached hydrogens (primary N) is 1. The quantitative estimate of drug-likeness (QED) is 0.534. The summed E-state index contributed by atoms with van der Waals surface area (Å²) in [4.78, 5) is 22.3. The van der Waals surface area contributed by atoms with Crippen molar-refractivity contribution in [1.82, 2.24) is 0 Å². The zero-order valence-corrected chi connectivity index (χ0v) is 11.4. The third-order valence-electron chi connectivity index (χ3n) is 2.65. The second kappa shape index (κ2) is 7.43. The first kappa shape index (κ1) is 15.9. The number of hydrogen-bond acceptors (Lipinski definition) is 4. The monoisotopic (exact) mass is 291 g/mol. The van der Waals surface area contributed by atoms with Crippen molar-refractivity contribution in [2.45, 2.75) is 6.54 Å². The van der Waals surface area contributed by atoms with Crippen LogP contribution in [0.15, 0.2) is 48.5 Å². The first-order valence-corrected chi connectivity index (χ1v) is 5.79. The highest BCUT2D eigenvalue weighted by molar-refractivity contribution is 5.91. The first-order valence-electron chi connectivity index (χ1n) is 5.79. The van der Waals surface area contributed by atoms with E-state index < -0.39 is 5.97 Å². The van der Waals surface area contributed by atoms with Gasteiger partial charge in [0.15, 0.2) is 0 Å². The number of hydrogen-bond donors (Lipinski definition) is 1. The van der Waals surface area contributed by atoms with Gasteiger partial charge in [-0.25, -0.2) is 4.79 Å².